The van der Waals surface area contributed by atoms with Gasteiger partial charge in [0.15, 0.2) is 0 Å². The molecular formula is C41H36Cl3F3N4O4. The minimum Gasteiger partial charge on any atom is -0.378 e. The Morgan fingerprint density at radius 1 is 0.764 bits per heavy atom. The first-order valence-electron chi connectivity index (χ1n) is 17.4. The summed E-state index contributed by atoms with van der Waals surface area (Å²) >= 11 is 17.7. The first kappa shape index (κ1) is 41.5. The zero-order valence-electron chi connectivity index (χ0n) is 29.3. The molecule has 2 heterocycles. The molecule has 2 amide bonds. The molecule has 8 nitrogen and oxygen atoms in total. The van der Waals surface area contributed by atoms with Crippen molar-refractivity contribution < 1.29 is 33.0 Å². The van der Waals surface area contributed by atoms with Crippen molar-refractivity contribution in [3.8, 4) is 23.7 Å². The van der Waals surface area contributed by atoms with Crippen molar-refractivity contribution in [2.75, 3.05) is 0 Å². The number of rotatable bonds is 4. The molecule has 2 saturated carbocycles. The summed E-state index contributed by atoms with van der Waals surface area (Å²) < 4.78 is 39.4. The third-order valence-corrected chi connectivity index (χ3v) is 9.69. The van der Waals surface area contributed by atoms with Crippen LogP contribution in [0.1, 0.15) is 88.8 Å². The fraction of sp³-hybridized carbons (Fsp3) is 0.317. The van der Waals surface area contributed by atoms with E-state index in [1.165, 1.54) is 12.3 Å². The average molecular weight is 812 g/mol. The van der Waals surface area contributed by atoms with Crippen molar-refractivity contribution in [3.05, 3.63) is 128 Å². The maximum atomic E-state index is 13.1. The van der Waals surface area contributed by atoms with Gasteiger partial charge in [-0.1, -0.05) is 70.6 Å². The minimum atomic E-state index is -4.66. The van der Waals surface area contributed by atoms with E-state index < -0.39 is 40.5 Å². The van der Waals surface area contributed by atoms with Gasteiger partial charge in [0.25, 0.3) is 11.8 Å². The third-order valence-electron chi connectivity index (χ3n) is 9.01. The topological polar surface area (TPSA) is 124 Å². The molecule has 2 aromatic carbocycles. The number of carbonyl (C=O) groups is 2. The highest BCUT2D eigenvalue weighted by atomic mass is 35.5. The van der Waals surface area contributed by atoms with Crippen LogP contribution in [0, 0.1) is 23.7 Å². The standard InChI is InChI=1S/C21H18ClF3N2O2.C20H18Cl2N2O2/c22-15-4-1-3-14(11-15)6-9-20(29)8-2-5-16(12-20)27-19(28)17-13-26-10-7-18(17)21(23,24)25;21-16-4-1-3-14(11-16)6-9-20(26)8-2-5-17(13-20)24-19(25)15-7-10-23-18(22)12-15/h1,3-4,7,10-11,13,16,29H,2,5,8,12H2,(H,27,28);1,3-4,7,10-12,17,26H,2,5,8,13H2,(H,24,25)/t16-,20+;17-,20+/m00/s1. The second-order valence-corrected chi connectivity index (χ2v) is 14.7. The van der Waals surface area contributed by atoms with E-state index in [0.29, 0.717) is 53.3 Å². The van der Waals surface area contributed by atoms with E-state index in [1.54, 1.807) is 42.5 Å². The first-order valence-corrected chi connectivity index (χ1v) is 18.5. The molecule has 2 aliphatic rings. The number of pyridine rings is 2. The number of amides is 2. The molecule has 4 N–H and O–H groups in total. The molecule has 2 fully saturated rings. The summed E-state index contributed by atoms with van der Waals surface area (Å²) in [5.41, 5.74) is -2.22. The Bertz CT molecular complexity index is 2150. The Morgan fingerprint density at radius 2 is 1.31 bits per heavy atom. The quantitative estimate of drug-likeness (QED) is 0.122. The van der Waals surface area contributed by atoms with Crippen molar-refractivity contribution in [2.24, 2.45) is 0 Å². The smallest absolute Gasteiger partial charge is 0.378 e. The molecule has 2 aromatic heterocycles. The Kier molecular flexibility index (Phi) is 13.9. The van der Waals surface area contributed by atoms with E-state index in [2.05, 4.69) is 44.3 Å². The number of benzene rings is 2. The molecule has 4 aromatic rings. The minimum absolute atomic E-state index is 0.119. The monoisotopic (exact) mass is 810 g/mol. The van der Waals surface area contributed by atoms with Gasteiger partial charge in [-0.3, -0.25) is 14.6 Å². The summed E-state index contributed by atoms with van der Waals surface area (Å²) in [4.78, 5) is 32.3. The van der Waals surface area contributed by atoms with Crippen molar-refractivity contribution in [2.45, 2.75) is 80.8 Å². The highest BCUT2D eigenvalue weighted by Gasteiger charge is 2.38. The largest absolute Gasteiger partial charge is 0.417 e. The Morgan fingerprint density at radius 3 is 1.82 bits per heavy atom. The SMILES string of the molecule is O=C(N[C@H]1CCC[C@@](O)(C#Cc2cccc(Cl)c2)C1)c1ccnc(Cl)c1.O=C(N[C@H]1CCC[C@@](O)(C#Cc2cccc(Cl)c2)C1)c1cnccc1C(F)(F)F. The lowest BCUT2D eigenvalue weighted by molar-refractivity contribution is -0.138. The fourth-order valence-electron chi connectivity index (χ4n) is 6.39. The lowest BCUT2D eigenvalue weighted by atomic mass is 9.82. The van der Waals surface area contributed by atoms with Crippen LogP contribution in [0.2, 0.25) is 15.2 Å². The maximum absolute atomic E-state index is 13.1. The van der Waals surface area contributed by atoms with E-state index in [1.807, 2.05) is 12.1 Å². The number of nitrogens with zero attached hydrogens (tertiary/aromatic N) is 2. The zero-order chi connectivity index (χ0) is 39.6. The van der Waals surface area contributed by atoms with Gasteiger partial charge in [-0.2, -0.15) is 13.2 Å². The van der Waals surface area contributed by atoms with E-state index in [9.17, 15) is 33.0 Å². The van der Waals surface area contributed by atoms with Crippen molar-refractivity contribution in [3.63, 3.8) is 0 Å². The molecule has 0 bridgehead atoms. The molecule has 14 heteroatoms. The molecular weight excluding hydrogens is 776 g/mol. The number of aliphatic hydroxyl groups is 2. The number of nitrogens with one attached hydrogen (secondary N) is 2. The summed E-state index contributed by atoms with van der Waals surface area (Å²) in [6.45, 7) is 0. The first-order chi connectivity index (χ1) is 26.1. The molecule has 0 aliphatic heterocycles. The van der Waals surface area contributed by atoms with E-state index in [-0.39, 0.29) is 23.5 Å². The van der Waals surface area contributed by atoms with Crippen molar-refractivity contribution >= 4 is 46.6 Å². The van der Waals surface area contributed by atoms with Crippen LogP contribution >= 0.6 is 34.8 Å². The third kappa shape index (κ3) is 12.4. The van der Waals surface area contributed by atoms with Gasteiger partial charge in [-0.25, -0.2) is 4.98 Å². The summed E-state index contributed by atoms with van der Waals surface area (Å²) in [5, 5.41) is 28.5. The number of alkyl halides is 3. The predicted octanol–water partition coefficient (Wildman–Crippen LogP) is 8.05. The van der Waals surface area contributed by atoms with Crippen LogP contribution in [0.5, 0.6) is 0 Å². The Hall–Kier alpha value is -4.62. The molecule has 55 heavy (non-hydrogen) atoms. The second-order valence-electron chi connectivity index (χ2n) is 13.4. The number of carbonyl (C=O) groups excluding carboxylic acids is 2. The van der Waals surface area contributed by atoms with E-state index >= 15 is 0 Å². The van der Waals surface area contributed by atoms with Gasteiger partial charge in [0.2, 0.25) is 0 Å². The fourth-order valence-corrected chi connectivity index (χ4v) is 6.94. The number of halogens is 6. The van der Waals surface area contributed by atoms with Crippen LogP contribution in [0.3, 0.4) is 0 Å². The van der Waals surface area contributed by atoms with Crippen LogP contribution in [0.25, 0.3) is 0 Å². The zero-order valence-corrected chi connectivity index (χ0v) is 31.5. The summed E-state index contributed by atoms with van der Waals surface area (Å²) in [6, 6.07) is 17.3. The van der Waals surface area contributed by atoms with Crippen LogP contribution in [0.4, 0.5) is 13.2 Å². The molecule has 2 aliphatic carbocycles. The van der Waals surface area contributed by atoms with Crippen LogP contribution in [-0.2, 0) is 6.18 Å². The number of aromatic nitrogens is 2. The summed E-state index contributed by atoms with van der Waals surface area (Å²) in [5.74, 6) is 10.5. The normalized spacial score (nSPS) is 22.0. The van der Waals surface area contributed by atoms with Gasteiger partial charge in [-0.05, 0) is 93.1 Å². The highest BCUT2D eigenvalue weighted by Crippen LogP contribution is 2.33. The molecule has 4 atom stereocenters. The number of hydrogen-bond donors (Lipinski definition) is 4. The Labute approximate surface area is 331 Å². The van der Waals surface area contributed by atoms with Crippen LogP contribution in [-0.4, -0.2) is 55.3 Å². The van der Waals surface area contributed by atoms with Gasteiger partial charge in [0.05, 0.1) is 11.1 Å². The summed E-state index contributed by atoms with van der Waals surface area (Å²) in [6.07, 6.45) is 2.89. The van der Waals surface area contributed by atoms with Crippen LogP contribution < -0.4 is 10.6 Å². The lowest BCUT2D eigenvalue weighted by Gasteiger charge is -2.33. The average Bonchev–Trinajstić information content (AvgIpc) is 3.13. The van der Waals surface area contributed by atoms with E-state index in [0.717, 1.165) is 36.9 Å². The van der Waals surface area contributed by atoms with Gasteiger partial charge in [-0.15, -0.1) is 0 Å². The molecule has 286 valence electrons. The van der Waals surface area contributed by atoms with Crippen molar-refractivity contribution in [1.29, 1.82) is 0 Å². The van der Waals surface area contributed by atoms with Crippen LogP contribution in [0.15, 0.2) is 85.3 Å². The summed E-state index contributed by atoms with van der Waals surface area (Å²) in [7, 11) is 0. The van der Waals surface area contributed by atoms with Gasteiger partial charge in [0.1, 0.15) is 16.4 Å². The van der Waals surface area contributed by atoms with Crippen molar-refractivity contribution in [1.82, 2.24) is 20.6 Å². The lowest BCUT2D eigenvalue weighted by Crippen LogP contribution is -2.45. The predicted molar refractivity (Wildman–Crippen MR) is 204 cm³/mol. The maximum Gasteiger partial charge on any atom is 0.417 e. The van der Waals surface area contributed by atoms with Gasteiger partial charge >= 0.3 is 6.18 Å². The Balaban J connectivity index is 0.000000212. The molecule has 0 radical (unpaired) electrons. The molecule has 0 spiro atoms. The second kappa shape index (κ2) is 18.3. The van der Waals surface area contributed by atoms with Gasteiger partial charge < -0.3 is 20.8 Å². The number of hydrogen-bond acceptors (Lipinski definition) is 6. The molecule has 0 unspecified atom stereocenters. The molecule has 0 saturated heterocycles. The highest BCUT2D eigenvalue weighted by molar-refractivity contribution is 6.31. The van der Waals surface area contributed by atoms with E-state index in [4.69, 9.17) is 34.8 Å². The van der Waals surface area contributed by atoms with Gasteiger partial charge in [0, 0.05) is 70.3 Å². The molecule has 6 rings (SSSR count).